The highest BCUT2D eigenvalue weighted by Gasteiger charge is 2.03. The van der Waals surface area contributed by atoms with Gasteiger partial charge in [-0.15, -0.1) is 0 Å². The monoisotopic (exact) mass is 170 g/mol. The molecule has 3 heteroatoms. The summed E-state index contributed by atoms with van der Waals surface area (Å²) in [6, 6.07) is 0. The summed E-state index contributed by atoms with van der Waals surface area (Å²) < 4.78 is 8.81. The first-order valence-corrected chi connectivity index (χ1v) is 3.66. The minimum Gasteiger partial charge on any atom is -0.438 e. The van der Waals surface area contributed by atoms with E-state index in [4.69, 9.17) is 0 Å². The zero-order valence-corrected chi connectivity index (χ0v) is 7.93. The van der Waals surface area contributed by atoms with Gasteiger partial charge < -0.3 is 9.47 Å². The predicted octanol–water partition coefficient (Wildman–Crippen LogP) is 1.82. The average molecular weight is 170 g/mol. The van der Waals surface area contributed by atoms with E-state index < -0.39 is 6.16 Å². The second-order valence-corrected chi connectivity index (χ2v) is 3.29. The second kappa shape index (κ2) is 4.66. The minimum atomic E-state index is -0.696. The Morgan fingerprint density at radius 2 is 2.00 bits per heavy atom. The molecule has 0 unspecified atom stereocenters. The Balaban J connectivity index is 3.67. The second-order valence-electron chi connectivity index (χ2n) is 3.29. The average Bonchev–Trinajstić information content (AvgIpc) is 1.96. The Bertz CT molecular complexity index is 202. The van der Waals surface area contributed by atoms with Crippen LogP contribution in [0.4, 0.5) is 4.79 Å². The lowest BCUT2D eigenvalue weighted by Crippen LogP contribution is -2.05. The molecule has 3 nitrogen and oxygen atoms in total. The number of hydrogen-bond acceptors (Lipinski definition) is 3. The van der Waals surface area contributed by atoms with Crippen LogP contribution in [0.25, 0.3) is 0 Å². The molecule has 0 aliphatic carbocycles. The van der Waals surface area contributed by atoms with Crippen LogP contribution in [0.5, 0.6) is 0 Å². The van der Waals surface area contributed by atoms with Crippen LogP contribution < -0.4 is 0 Å². The molecule has 0 saturated carbocycles. The molecule has 0 rings (SSSR count). The van der Waals surface area contributed by atoms with E-state index in [0.717, 1.165) is 0 Å². The molecule has 0 aromatic heterocycles. The van der Waals surface area contributed by atoms with Crippen LogP contribution in [0, 0.1) is 17.3 Å². The van der Waals surface area contributed by atoms with Gasteiger partial charge in [-0.05, 0) is 20.8 Å². The van der Waals surface area contributed by atoms with Crippen LogP contribution in [-0.2, 0) is 9.47 Å². The van der Waals surface area contributed by atoms with Gasteiger partial charge >= 0.3 is 6.16 Å². The Labute approximate surface area is 73.0 Å². The van der Waals surface area contributed by atoms with Gasteiger partial charge in [0.05, 0.1) is 7.11 Å². The van der Waals surface area contributed by atoms with Crippen molar-refractivity contribution < 1.29 is 14.3 Å². The van der Waals surface area contributed by atoms with Gasteiger partial charge in [0, 0.05) is 5.41 Å². The molecular formula is C9H14O3. The largest absolute Gasteiger partial charge is 0.508 e. The molecule has 12 heavy (non-hydrogen) atoms. The van der Waals surface area contributed by atoms with Gasteiger partial charge in [0.1, 0.15) is 0 Å². The van der Waals surface area contributed by atoms with Crippen molar-refractivity contribution in [2.45, 2.75) is 20.8 Å². The van der Waals surface area contributed by atoms with Gasteiger partial charge in [-0.3, -0.25) is 0 Å². The zero-order valence-electron chi connectivity index (χ0n) is 7.93. The maximum atomic E-state index is 10.4. The van der Waals surface area contributed by atoms with E-state index in [1.165, 1.54) is 7.11 Å². The van der Waals surface area contributed by atoms with Crippen LogP contribution in [0.1, 0.15) is 20.8 Å². The van der Waals surface area contributed by atoms with Crippen molar-refractivity contribution in [2.24, 2.45) is 5.41 Å². The fraction of sp³-hybridized carbons (Fsp3) is 0.667. The molecule has 0 amide bonds. The van der Waals surface area contributed by atoms with Crippen molar-refractivity contribution in [3.63, 3.8) is 0 Å². The molecule has 0 N–H and O–H groups in total. The third kappa shape index (κ3) is 6.94. The molecule has 0 aliphatic heterocycles. The lowest BCUT2D eigenvalue weighted by atomic mass is 9.98. The van der Waals surface area contributed by atoms with Gasteiger partial charge in [0.2, 0.25) is 0 Å². The van der Waals surface area contributed by atoms with Crippen LogP contribution in [0.3, 0.4) is 0 Å². The molecule has 0 atom stereocenters. The van der Waals surface area contributed by atoms with E-state index >= 15 is 0 Å². The Hall–Kier alpha value is -1.17. The highest BCUT2D eigenvalue weighted by molar-refractivity contribution is 5.59. The smallest absolute Gasteiger partial charge is 0.438 e. The third-order valence-electron chi connectivity index (χ3n) is 0.892. The van der Waals surface area contributed by atoms with Gasteiger partial charge in [0.25, 0.3) is 0 Å². The molecule has 0 aliphatic rings. The Morgan fingerprint density at radius 1 is 1.42 bits per heavy atom. The van der Waals surface area contributed by atoms with Crippen molar-refractivity contribution in [1.29, 1.82) is 0 Å². The molecule has 68 valence electrons. The standard InChI is InChI=1S/C9H14O3/c1-9(2,3)6-5-7-12-8(10)11-4/h7H2,1-4H3. The van der Waals surface area contributed by atoms with Crippen molar-refractivity contribution in [3.8, 4) is 11.8 Å². The molecule has 0 aromatic rings. The lowest BCUT2D eigenvalue weighted by Gasteiger charge is -2.06. The van der Waals surface area contributed by atoms with Crippen LogP contribution in [0.2, 0.25) is 0 Å². The first-order chi connectivity index (χ1) is 5.45. The predicted molar refractivity (Wildman–Crippen MR) is 45.6 cm³/mol. The quantitative estimate of drug-likeness (QED) is 0.445. The Morgan fingerprint density at radius 3 is 2.42 bits per heavy atom. The molecule has 0 fully saturated rings. The molecule has 0 spiro atoms. The fourth-order valence-electron chi connectivity index (χ4n) is 0.455. The van der Waals surface area contributed by atoms with Gasteiger partial charge in [-0.25, -0.2) is 4.79 Å². The van der Waals surface area contributed by atoms with Gasteiger partial charge in [-0.1, -0.05) is 11.8 Å². The molecular weight excluding hydrogens is 156 g/mol. The van der Waals surface area contributed by atoms with Gasteiger partial charge in [0.15, 0.2) is 6.61 Å². The van der Waals surface area contributed by atoms with E-state index in [-0.39, 0.29) is 12.0 Å². The summed E-state index contributed by atoms with van der Waals surface area (Å²) in [6.07, 6.45) is -0.696. The summed E-state index contributed by atoms with van der Waals surface area (Å²) in [5.74, 6) is 5.64. The van der Waals surface area contributed by atoms with Gasteiger partial charge in [-0.2, -0.15) is 0 Å². The maximum absolute atomic E-state index is 10.4. The first kappa shape index (κ1) is 10.8. The minimum absolute atomic E-state index is 0.0561. The highest BCUT2D eigenvalue weighted by atomic mass is 16.7. The van der Waals surface area contributed by atoms with Crippen molar-refractivity contribution >= 4 is 6.16 Å². The van der Waals surface area contributed by atoms with Crippen molar-refractivity contribution in [1.82, 2.24) is 0 Å². The van der Waals surface area contributed by atoms with Crippen LogP contribution >= 0.6 is 0 Å². The summed E-state index contributed by atoms with van der Waals surface area (Å²) in [7, 11) is 1.26. The third-order valence-corrected chi connectivity index (χ3v) is 0.892. The highest BCUT2D eigenvalue weighted by Crippen LogP contribution is 2.09. The lowest BCUT2D eigenvalue weighted by molar-refractivity contribution is 0.0832. The molecule has 0 saturated heterocycles. The number of methoxy groups -OCH3 is 1. The van der Waals surface area contributed by atoms with E-state index in [0.29, 0.717) is 0 Å². The van der Waals surface area contributed by atoms with E-state index in [2.05, 4.69) is 21.3 Å². The summed E-state index contributed by atoms with van der Waals surface area (Å²) in [5.41, 5.74) is -0.0561. The number of carbonyl (C=O) groups excluding carboxylic acids is 1. The van der Waals surface area contributed by atoms with E-state index in [1.54, 1.807) is 0 Å². The Kier molecular flexibility index (Phi) is 4.20. The topological polar surface area (TPSA) is 35.5 Å². The van der Waals surface area contributed by atoms with Crippen molar-refractivity contribution in [2.75, 3.05) is 13.7 Å². The summed E-state index contributed by atoms with van der Waals surface area (Å²) in [4.78, 5) is 10.4. The molecule has 0 radical (unpaired) electrons. The molecule has 0 aromatic carbocycles. The number of rotatable bonds is 1. The molecule has 0 heterocycles. The number of ether oxygens (including phenoxy) is 2. The van der Waals surface area contributed by atoms with Crippen LogP contribution in [-0.4, -0.2) is 19.9 Å². The normalized spacial score (nSPS) is 9.67. The number of carbonyl (C=O) groups is 1. The maximum Gasteiger partial charge on any atom is 0.508 e. The fourth-order valence-corrected chi connectivity index (χ4v) is 0.455. The first-order valence-electron chi connectivity index (χ1n) is 3.66. The van der Waals surface area contributed by atoms with E-state index in [9.17, 15) is 4.79 Å². The van der Waals surface area contributed by atoms with Crippen molar-refractivity contribution in [3.05, 3.63) is 0 Å². The number of hydrogen-bond donors (Lipinski definition) is 0. The summed E-state index contributed by atoms with van der Waals surface area (Å²) in [5, 5.41) is 0. The zero-order chi connectivity index (χ0) is 9.61. The summed E-state index contributed by atoms with van der Waals surface area (Å²) >= 11 is 0. The summed E-state index contributed by atoms with van der Waals surface area (Å²) in [6.45, 7) is 6.04. The van der Waals surface area contributed by atoms with E-state index in [1.807, 2.05) is 20.8 Å². The SMILES string of the molecule is COC(=O)OCC#CC(C)(C)C. The molecule has 0 bridgehead atoms. The van der Waals surface area contributed by atoms with Crippen LogP contribution in [0.15, 0.2) is 0 Å².